The molecule has 0 saturated heterocycles. The molecule has 3 heteroatoms. The van der Waals surface area contributed by atoms with Crippen LogP contribution < -0.4 is 0 Å². The van der Waals surface area contributed by atoms with Gasteiger partial charge in [0.25, 0.3) is 0 Å². The van der Waals surface area contributed by atoms with Gasteiger partial charge in [-0.15, -0.1) is 0 Å². The van der Waals surface area contributed by atoms with Crippen molar-refractivity contribution < 1.29 is 14.6 Å². The fourth-order valence-corrected chi connectivity index (χ4v) is 2.56. The van der Waals surface area contributed by atoms with Crippen molar-refractivity contribution in [2.24, 2.45) is 11.8 Å². The highest BCUT2D eigenvalue weighted by atomic mass is 16.6. The predicted octanol–water partition coefficient (Wildman–Crippen LogP) is 3.30. The largest absolute Gasteiger partial charge is 0.460 e. The minimum atomic E-state index is -0.882. The molecule has 3 atom stereocenters. The first-order valence-corrected chi connectivity index (χ1v) is 7.09. The molecule has 0 spiro atoms. The van der Waals surface area contributed by atoms with Crippen LogP contribution >= 0.6 is 0 Å². The van der Waals surface area contributed by atoms with Crippen LogP contribution in [0.1, 0.15) is 66.7 Å². The number of rotatable bonds is 2. The zero-order valence-corrected chi connectivity index (χ0v) is 12.5. The van der Waals surface area contributed by atoms with Crippen molar-refractivity contribution in [1.29, 1.82) is 0 Å². The van der Waals surface area contributed by atoms with E-state index >= 15 is 0 Å². The van der Waals surface area contributed by atoms with E-state index in [1.54, 1.807) is 6.92 Å². The number of aliphatic hydroxyl groups is 1. The maximum absolute atomic E-state index is 12.1. The summed E-state index contributed by atoms with van der Waals surface area (Å²) in [5.74, 6) is -0.0774. The molecule has 1 N–H and O–H groups in total. The van der Waals surface area contributed by atoms with Crippen LogP contribution in [-0.4, -0.2) is 22.3 Å². The molecule has 0 heterocycles. The van der Waals surface area contributed by atoms with Crippen LogP contribution in [0.25, 0.3) is 0 Å². The van der Waals surface area contributed by atoms with Crippen molar-refractivity contribution >= 4 is 5.97 Å². The molecule has 0 aromatic rings. The van der Waals surface area contributed by atoms with Gasteiger partial charge in [-0.1, -0.05) is 19.8 Å². The molecule has 1 aliphatic carbocycles. The second-order valence-corrected chi connectivity index (χ2v) is 6.89. The van der Waals surface area contributed by atoms with Crippen molar-refractivity contribution in [3.8, 4) is 0 Å². The Bertz CT molecular complexity index is 293. The van der Waals surface area contributed by atoms with E-state index < -0.39 is 17.1 Å². The SMILES string of the molecule is CC1CCCC(O)(C(C)C(=O)OC(C)(C)C)CC1. The van der Waals surface area contributed by atoms with Crippen molar-refractivity contribution in [3.05, 3.63) is 0 Å². The monoisotopic (exact) mass is 256 g/mol. The van der Waals surface area contributed by atoms with Gasteiger partial charge in [0.2, 0.25) is 0 Å². The lowest BCUT2D eigenvalue weighted by molar-refractivity contribution is -0.169. The quantitative estimate of drug-likeness (QED) is 0.609. The van der Waals surface area contributed by atoms with Crippen LogP contribution in [0.5, 0.6) is 0 Å². The Balaban J connectivity index is 2.68. The highest BCUT2D eigenvalue weighted by Crippen LogP contribution is 2.36. The maximum atomic E-state index is 12.1. The summed E-state index contributed by atoms with van der Waals surface area (Å²) in [6.07, 6.45) is 4.53. The molecule has 18 heavy (non-hydrogen) atoms. The van der Waals surface area contributed by atoms with Crippen molar-refractivity contribution in [2.75, 3.05) is 0 Å². The molecule has 1 saturated carbocycles. The zero-order valence-electron chi connectivity index (χ0n) is 12.5. The number of hydrogen-bond donors (Lipinski definition) is 1. The minimum absolute atomic E-state index is 0.278. The van der Waals surface area contributed by atoms with Crippen molar-refractivity contribution in [1.82, 2.24) is 0 Å². The van der Waals surface area contributed by atoms with Crippen molar-refractivity contribution in [3.63, 3.8) is 0 Å². The summed E-state index contributed by atoms with van der Waals surface area (Å²) < 4.78 is 5.39. The number of carbonyl (C=O) groups is 1. The molecule has 1 rings (SSSR count). The van der Waals surface area contributed by atoms with Crippen LogP contribution in [0.4, 0.5) is 0 Å². The van der Waals surface area contributed by atoms with Gasteiger partial charge < -0.3 is 9.84 Å². The van der Waals surface area contributed by atoms with Gasteiger partial charge in [0.15, 0.2) is 0 Å². The fraction of sp³-hybridized carbons (Fsp3) is 0.933. The van der Waals surface area contributed by atoms with Crippen LogP contribution in [0.2, 0.25) is 0 Å². The molecule has 0 radical (unpaired) electrons. The molecule has 106 valence electrons. The van der Waals surface area contributed by atoms with E-state index in [0.29, 0.717) is 18.8 Å². The lowest BCUT2D eigenvalue weighted by Gasteiger charge is -2.33. The minimum Gasteiger partial charge on any atom is -0.460 e. The second-order valence-electron chi connectivity index (χ2n) is 6.89. The first-order chi connectivity index (χ1) is 8.14. The number of hydrogen-bond acceptors (Lipinski definition) is 3. The lowest BCUT2D eigenvalue weighted by atomic mass is 9.82. The smallest absolute Gasteiger partial charge is 0.312 e. The zero-order chi connectivity index (χ0) is 14.0. The van der Waals surface area contributed by atoms with E-state index in [0.717, 1.165) is 19.3 Å². The topological polar surface area (TPSA) is 46.5 Å². The van der Waals surface area contributed by atoms with E-state index in [-0.39, 0.29) is 5.97 Å². The molecule has 0 aliphatic heterocycles. The Hall–Kier alpha value is -0.570. The fourth-order valence-electron chi connectivity index (χ4n) is 2.56. The Labute approximate surface area is 111 Å². The van der Waals surface area contributed by atoms with Gasteiger partial charge in [-0.05, 0) is 52.9 Å². The molecular weight excluding hydrogens is 228 g/mol. The average Bonchev–Trinajstić information content (AvgIpc) is 2.38. The molecule has 1 fully saturated rings. The van der Waals surface area contributed by atoms with Gasteiger partial charge in [-0.3, -0.25) is 4.79 Å². The van der Waals surface area contributed by atoms with Crippen LogP contribution in [0.15, 0.2) is 0 Å². The van der Waals surface area contributed by atoms with Crippen LogP contribution in [0.3, 0.4) is 0 Å². The predicted molar refractivity (Wildman–Crippen MR) is 72.2 cm³/mol. The van der Waals surface area contributed by atoms with E-state index in [9.17, 15) is 9.90 Å². The summed E-state index contributed by atoms with van der Waals surface area (Å²) in [6, 6.07) is 0. The summed E-state index contributed by atoms with van der Waals surface area (Å²) in [7, 11) is 0. The highest BCUT2D eigenvalue weighted by molar-refractivity contribution is 5.73. The number of esters is 1. The van der Waals surface area contributed by atoms with Gasteiger partial charge in [-0.2, -0.15) is 0 Å². The van der Waals surface area contributed by atoms with E-state index in [1.165, 1.54) is 0 Å². The third-order valence-electron chi connectivity index (χ3n) is 3.94. The summed E-state index contributed by atoms with van der Waals surface area (Å²) in [4.78, 5) is 12.1. The van der Waals surface area contributed by atoms with Crippen molar-refractivity contribution in [2.45, 2.75) is 77.9 Å². The summed E-state index contributed by atoms with van der Waals surface area (Å²) >= 11 is 0. The number of carbonyl (C=O) groups excluding carboxylic acids is 1. The average molecular weight is 256 g/mol. The van der Waals surface area contributed by atoms with Crippen LogP contribution in [0, 0.1) is 11.8 Å². The first kappa shape index (κ1) is 15.5. The summed E-state index contributed by atoms with van der Waals surface area (Å²) in [5, 5.41) is 10.7. The third-order valence-corrected chi connectivity index (χ3v) is 3.94. The van der Waals surface area contributed by atoms with Gasteiger partial charge >= 0.3 is 5.97 Å². The molecule has 0 aromatic carbocycles. The Morgan fingerprint density at radius 3 is 2.50 bits per heavy atom. The van der Waals surface area contributed by atoms with Gasteiger partial charge in [0.05, 0.1) is 11.5 Å². The third kappa shape index (κ3) is 4.27. The molecule has 1 aliphatic rings. The molecule has 0 bridgehead atoms. The van der Waals surface area contributed by atoms with E-state index in [2.05, 4.69) is 6.92 Å². The standard InChI is InChI=1S/C15H28O3/c1-11-7-6-9-15(17,10-8-11)12(2)13(16)18-14(3,4)5/h11-12,17H,6-10H2,1-5H3. The molecule has 0 aromatic heterocycles. The van der Waals surface area contributed by atoms with E-state index in [4.69, 9.17) is 4.74 Å². The summed E-state index contributed by atoms with van der Waals surface area (Å²) in [5.41, 5.74) is -1.37. The lowest BCUT2D eigenvalue weighted by Crippen LogP contribution is -2.43. The summed E-state index contributed by atoms with van der Waals surface area (Å²) in [6.45, 7) is 9.58. The Morgan fingerprint density at radius 2 is 1.94 bits per heavy atom. The molecule has 3 unspecified atom stereocenters. The normalized spacial score (nSPS) is 31.6. The first-order valence-electron chi connectivity index (χ1n) is 7.09. The van der Waals surface area contributed by atoms with E-state index in [1.807, 2.05) is 20.8 Å². The Morgan fingerprint density at radius 1 is 1.33 bits per heavy atom. The van der Waals surface area contributed by atoms with Gasteiger partial charge in [0.1, 0.15) is 5.60 Å². The second kappa shape index (κ2) is 5.60. The molecule has 0 amide bonds. The molecule has 3 nitrogen and oxygen atoms in total. The maximum Gasteiger partial charge on any atom is 0.312 e. The number of ether oxygens (including phenoxy) is 1. The Kier molecular flexibility index (Phi) is 4.82. The highest BCUT2D eigenvalue weighted by Gasteiger charge is 2.41. The van der Waals surface area contributed by atoms with Crippen LogP contribution in [-0.2, 0) is 9.53 Å². The molecular formula is C15H28O3. The van der Waals surface area contributed by atoms with Gasteiger partial charge in [-0.25, -0.2) is 0 Å². The van der Waals surface area contributed by atoms with Gasteiger partial charge in [0, 0.05) is 0 Å².